The van der Waals surface area contributed by atoms with E-state index >= 15 is 0 Å². The Hall–Kier alpha value is -3.19. The number of rotatable bonds is 14. The summed E-state index contributed by atoms with van der Waals surface area (Å²) >= 11 is 0. The van der Waals surface area contributed by atoms with E-state index < -0.39 is 59.6 Å². The second-order valence-electron chi connectivity index (χ2n) is 11.7. The molecule has 1 aliphatic carbocycles. The molecular weight excluding hydrogens is 559 g/mol. The van der Waals surface area contributed by atoms with E-state index in [1.54, 1.807) is 31.2 Å². The van der Waals surface area contributed by atoms with E-state index in [2.05, 4.69) is 16.0 Å². The molecule has 1 saturated carbocycles. The summed E-state index contributed by atoms with van der Waals surface area (Å²) in [5.41, 5.74) is -3.60. The molecule has 1 saturated heterocycles. The van der Waals surface area contributed by atoms with Crippen molar-refractivity contribution in [3.8, 4) is 5.75 Å². The summed E-state index contributed by atoms with van der Waals surface area (Å²) < 4.78 is 49.4. The van der Waals surface area contributed by atoms with Crippen LogP contribution in [0.5, 0.6) is 5.75 Å². The predicted octanol–water partition coefficient (Wildman–Crippen LogP) is 2.35. The molecule has 1 aliphatic heterocycles. The summed E-state index contributed by atoms with van der Waals surface area (Å²) in [5.74, 6) is -2.06. The van der Waals surface area contributed by atoms with Crippen molar-refractivity contribution in [3.05, 3.63) is 29.8 Å². The molecule has 10 nitrogen and oxygen atoms in total. The van der Waals surface area contributed by atoms with E-state index in [1.807, 2.05) is 0 Å². The second-order valence-corrected chi connectivity index (χ2v) is 11.7. The molecule has 234 valence electrons. The molecule has 2 fully saturated rings. The van der Waals surface area contributed by atoms with Crippen molar-refractivity contribution >= 4 is 23.5 Å². The number of methoxy groups -OCH3 is 1. The minimum absolute atomic E-state index is 0.0170. The van der Waals surface area contributed by atoms with Crippen LogP contribution in [0.25, 0.3) is 0 Å². The van der Waals surface area contributed by atoms with Gasteiger partial charge in [0, 0.05) is 6.42 Å². The molecule has 1 aromatic carbocycles. The van der Waals surface area contributed by atoms with Gasteiger partial charge in [-0.25, -0.2) is 0 Å². The van der Waals surface area contributed by atoms with Gasteiger partial charge in [0.1, 0.15) is 23.4 Å². The molecule has 2 aliphatic rings. The van der Waals surface area contributed by atoms with Crippen molar-refractivity contribution in [1.29, 1.82) is 0 Å². The number of amides is 3. The van der Waals surface area contributed by atoms with Gasteiger partial charge >= 0.3 is 6.18 Å². The Labute approximate surface area is 243 Å². The second kappa shape index (κ2) is 13.4. The maximum Gasteiger partial charge on any atom is 0.417 e. The third-order valence-electron chi connectivity index (χ3n) is 7.89. The number of aliphatic hydroxyl groups is 1. The lowest BCUT2D eigenvalue weighted by atomic mass is 9.90. The monoisotopic (exact) mass is 599 g/mol. The summed E-state index contributed by atoms with van der Waals surface area (Å²) in [7, 11) is 1.50. The lowest BCUT2D eigenvalue weighted by Crippen LogP contribution is -2.57. The zero-order valence-corrected chi connectivity index (χ0v) is 24.3. The summed E-state index contributed by atoms with van der Waals surface area (Å²) in [6.45, 7) is 3.63. The number of nitrogens with one attached hydrogen (secondary N) is 3. The first-order valence-corrected chi connectivity index (χ1v) is 14.0. The molecule has 13 heteroatoms. The summed E-state index contributed by atoms with van der Waals surface area (Å²) in [5, 5.41) is 17.1. The van der Waals surface area contributed by atoms with Crippen LogP contribution < -0.4 is 20.7 Å². The van der Waals surface area contributed by atoms with E-state index in [0.717, 1.165) is 25.7 Å². The Morgan fingerprint density at radius 2 is 1.62 bits per heavy atom. The van der Waals surface area contributed by atoms with Gasteiger partial charge in [0.2, 0.25) is 17.7 Å². The van der Waals surface area contributed by atoms with Crippen LogP contribution >= 0.6 is 0 Å². The highest BCUT2D eigenvalue weighted by molar-refractivity contribution is 5.98. The number of halogens is 3. The fraction of sp³-hybridized carbons (Fsp3) is 0.655. The zero-order chi connectivity index (χ0) is 31.3. The van der Waals surface area contributed by atoms with E-state index in [4.69, 9.17) is 9.47 Å². The molecule has 3 rings (SSSR count). The minimum atomic E-state index is -5.05. The number of hydrogen-bond acceptors (Lipinski definition) is 7. The summed E-state index contributed by atoms with van der Waals surface area (Å²) in [6.07, 6.45) is -1.91. The van der Waals surface area contributed by atoms with Crippen molar-refractivity contribution in [1.82, 2.24) is 16.0 Å². The van der Waals surface area contributed by atoms with Gasteiger partial charge in [-0.2, -0.15) is 13.2 Å². The van der Waals surface area contributed by atoms with Crippen LogP contribution in [-0.4, -0.2) is 77.8 Å². The highest BCUT2D eigenvalue weighted by Gasteiger charge is 2.52. The molecular formula is C29H40F3N3O7. The number of ketones is 1. The van der Waals surface area contributed by atoms with Crippen molar-refractivity contribution in [2.45, 2.75) is 101 Å². The Balaban J connectivity index is 1.74. The van der Waals surface area contributed by atoms with Crippen LogP contribution in [0.2, 0.25) is 0 Å². The highest BCUT2D eigenvalue weighted by Crippen LogP contribution is 2.34. The normalized spacial score (nSPS) is 22.3. The molecule has 0 bridgehead atoms. The van der Waals surface area contributed by atoms with E-state index in [0.29, 0.717) is 24.7 Å². The van der Waals surface area contributed by atoms with Crippen molar-refractivity contribution in [2.75, 3.05) is 13.7 Å². The predicted molar refractivity (Wildman–Crippen MR) is 145 cm³/mol. The van der Waals surface area contributed by atoms with Crippen LogP contribution in [-0.2, 0) is 30.3 Å². The number of Topliss-reactive ketones (excluding diaryl/α,β-unsaturated/α-hetero) is 1. The van der Waals surface area contributed by atoms with Gasteiger partial charge < -0.3 is 30.5 Å². The lowest BCUT2D eigenvalue weighted by molar-refractivity contribution is -0.253. The maximum atomic E-state index is 13.6. The number of benzene rings is 1. The smallest absolute Gasteiger partial charge is 0.417 e. The van der Waals surface area contributed by atoms with Crippen molar-refractivity contribution < 1.29 is 46.9 Å². The molecule has 42 heavy (non-hydrogen) atoms. The quantitative estimate of drug-likeness (QED) is 0.240. The van der Waals surface area contributed by atoms with Crippen LogP contribution in [0.4, 0.5) is 13.2 Å². The first kappa shape index (κ1) is 33.3. The van der Waals surface area contributed by atoms with Crippen LogP contribution in [0, 0.1) is 5.92 Å². The van der Waals surface area contributed by atoms with Crippen molar-refractivity contribution in [2.24, 2.45) is 5.92 Å². The molecule has 0 radical (unpaired) electrons. The molecule has 4 N–H and O–H groups in total. The first-order valence-electron chi connectivity index (χ1n) is 14.0. The lowest BCUT2D eigenvalue weighted by Gasteiger charge is -2.27. The fourth-order valence-corrected chi connectivity index (χ4v) is 4.98. The number of ether oxygens (including phenoxy) is 2. The number of hydrogen-bond donors (Lipinski definition) is 4. The third kappa shape index (κ3) is 8.90. The van der Waals surface area contributed by atoms with Gasteiger partial charge in [0.05, 0.1) is 26.2 Å². The molecule has 0 aromatic heterocycles. The minimum Gasteiger partial charge on any atom is -0.497 e. The highest BCUT2D eigenvalue weighted by atomic mass is 19.4. The molecule has 1 unspecified atom stereocenters. The van der Waals surface area contributed by atoms with Crippen molar-refractivity contribution in [3.63, 3.8) is 0 Å². The molecule has 1 heterocycles. The number of alkyl halides is 3. The number of carbonyl (C=O) groups excluding carboxylic acids is 4. The van der Waals surface area contributed by atoms with Gasteiger partial charge in [-0.05, 0) is 50.8 Å². The molecule has 1 aromatic rings. The van der Waals surface area contributed by atoms with E-state index in [1.165, 1.54) is 14.0 Å². The summed E-state index contributed by atoms with van der Waals surface area (Å²) in [4.78, 5) is 52.0. The average Bonchev–Trinajstić information content (AvgIpc) is 3.45. The summed E-state index contributed by atoms with van der Waals surface area (Å²) in [6, 6.07) is 3.42. The number of carbonyl (C=O) groups is 4. The maximum absolute atomic E-state index is 13.6. The van der Waals surface area contributed by atoms with Gasteiger partial charge in [-0.15, -0.1) is 0 Å². The zero-order valence-electron chi connectivity index (χ0n) is 24.3. The van der Waals surface area contributed by atoms with Crippen LogP contribution in [0.3, 0.4) is 0 Å². The van der Waals surface area contributed by atoms with Gasteiger partial charge in [0.25, 0.3) is 0 Å². The molecule has 0 spiro atoms. The SMILES string of the molecule is COc1ccc(C[C@H](NC(=O)[C@@H](C)NC(=O)CC(C)(O)C(F)(F)F)C(=O)N[C@@H](CC2CCCC2)C(=O)[C@]2(C)CO2)cc1. The Morgan fingerprint density at radius 1 is 1.05 bits per heavy atom. The van der Waals surface area contributed by atoms with Gasteiger partial charge in [-0.1, -0.05) is 37.8 Å². The Kier molecular flexibility index (Phi) is 10.6. The van der Waals surface area contributed by atoms with Crippen LogP contribution in [0.15, 0.2) is 24.3 Å². The Morgan fingerprint density at radius 3 is 2.14 bits per heavy atom. The first-order chi connectivity index (χ1) is 19.5. The largest absolute Gasteiger partial charge is 0.497 e. The number of epoxide rings is 1. The standard InChI is InChI=1S/C29H40F3N3O7/c1-17(33-23(36)15-28(3,40)29(30,31)32)25(38)35-22(14-19-9-11-20(41-4)12-10-19)26(39)34-21(13-18-7-5-6-8-18)24(37)27(2)16-42-27/h9-12,17-18,21-22,40H,5-8,13-16H2,1-4H3,(H,33,36)(H,34,39)(H,35,38)/t17-,21+,22+,27+,28?/m1/s1. The van der Waals surface area contributed by atoms with Gasteiger partial charge in [0.15, 0.2) is 11.4 Å². The van der Waals surface area contributed by atoms with Gasteiger partial charge in [-0.3, -0.25) is 19.2 Å². The van der Waals surface area contributed by atoms with Crippen LogP contribution in [0.1, 0.15) is 64.9 Å². The third-order valence-corrected chi connectivity index (χ3v) is 7.89. The molecule has 3 amide bonds. The Bertz CT molecular complexity index is 1130. The van der Waals surface area contributed by atoms with E-state index in [-0.39, 0.29) is 24.7 Å². The average molecular weight is 600 g/mol. The fourth-order valence-electron chi connectivity index (χ4n) is 4.98. The topological polar surface area (TPSA) is 146 Å². The molecule has 5 atom stereocenters. The van der Waals surface area contributed by atoms with E-state index in [9.17, 15) is 37.5 Å².